The fourth-order valence-electron chi connectivity index (χ4n) is 1.25. The van der Waals surface area contributed by atoms with Gasteiger partial charge in [0.25, 0.3) is 5.92 Å². The number of rotatable bonds is 1. The first-order chi connectivity index (χ1) is 5.06. The summed E-state index contributed by atoms with van der Waals surface area (Å²) in [7, 11) is 0. The third kappa shape index (κ3) is 2.24. The molecule has 66 valence electrons. The van der Waals surface area contributed by atoms with Gasteiger partial charge in [0.2, 0.25) is 0 Å². The lowest BCUT2D eigenvalue weighted by molar-refractivity contribution is -0.0518. The summed E-state index contributed by atoms with van der Waals surface area (Å²) in [4.78, 5) is 1.80. The Labute approximate surface area is 79.3 Å². The highest BCUT2D eigenvalue weighted by Crippen LogP contribution is 2.32. The minimum atomic E-state index is -2.48. The second-order valence-electron chi connectivity index (χ2n) is 2.89. The molecule has 1 atom stereocenters. The van der Waals surface area contributed by atoms with Gasteiger partial charge in [-0.05, 0) is 19.5 Å². The number of likely N-dealkylation sites (tertiary alicyclic amines) is 1. The van der Waals surface area contributed by atoms with E-state index in [4.69, 9.17) is 0 Å². The Morgan fingerprint density at radius 1 is 1.64 bits per heavy atom. The first kappa shape index (κ1) is 9.64. The molecule has 0 saturated carbocycles. The highest BCUT2D eigenvalue weighted by atomic mass is 127. The summed E-state index contributed by atoms with van der Waals surface area (Å²) >= 11 is 1.85. The van der Waals surface area contributed by atoms with Crippen LogP contribution in [0.15, 0.2) is 0 Å². The van der Waals surface area contributed by atoms with Crippen molar-refractivity contribution in [3.8, 4) is 0 Å². The van der Waals surface area contributed by atoms with Crippen molar-refractivity contribution in [1.29, 1.82) is 0 Å². The van der Waals surface area contributed by atoms with Crippen molar-refractivity contribution in [3.05, 3.63) is 0 Å². The molecule has 11 heavy (non-hydrogen) atoms. The zero-order valence-electron chi connectivity index (χ0n) is 6.49. The van der Waals surface area contributed by atoms with E-state index in [1.807, 2.05) is 29.5 Å². The molecule has 0 amide bonds. The minimum absolute atomic E-state index is 0.0584. The molecule has 0 radical (unpaired) electrons. The Kier molecular flexibility index (Phi) is 3.08. The van der Waals surface area contributed by atoms with E-state index in [9.17, 15) is 8.78 Å². The number of nitrogens with zero attached hydrogens (tertiary/aromatic N) is 1. The molecule has 0 aliphatic carbocycles. The van der Waals surface area contributed by atoms with Crippen LogP contribution < -0.4 is 0 Å². The SMILES string of the molecule is CCN1CCC(I)C(F)(F)C1. The van der Waals surface area contributed by atoms with Crippen LogP contribution in [0.2, 0.25) is 0 Å². The zero-order valence-corrected chi connectivity index (χ0v) is 8.64. The molecule has 0 aromatic rings. The van der Waals surface area contributed by atoms with Gasteiger partial charge in [-0.25, -0.2) is 8.78 Å². The smallest absolute Gasteiger partial charge is 0.272 e. The van der Waals surface area contributed by atoms with E-state index in [1.165, 1.54) is 0 Å². The quantitative estimate of drug-likeness (QED) is 0.523. The van der Waals surface area contributed by atoms with Crippen LogP contribution in [0.25, 0.3) is 0 Å². The molecule has 1 unspecified atom stereocenters. The van der Waals surface area contributed by atoms with Gasteiger partial charge in [-0.1, -0.05) is 29.5 Å². The van der Waals surface area contributed by atoms with E-state index in [1.54, 1.807) is 4.90 Å². The summed E-state index contributed by atoms with van der Waals surface area (Å²) in [6.07, 6.45) is 0.612. The predicted molar refractivity (Wildman–Crippen MR) is 49.5 cm³/mol. The Bertz CT molecular complexity index is 140. The number of piperidine rings is 1. The van der Waals surface area contributed by atoms with Crippen LogP contribution in [0.1, 0.15) is 13.3 Å². The van der Waals surface area contributed by atoms with Crippen LogP contribution in [0, 0.1) is 0 Å². The van der Waals surface area contributed by atoms with Crippen molar-refractivity contribution in [2.45, 2.75) is 23.2 Å². The van der Waals surface area contributed by atoms with E-state index in [0.29, 0.717) is 6.42 Å². The summed E-state index contributed by atoms with van der Waals surface area (Å²) in [5.41, 5.74) is 0. The Morgan fingerprint density at radius 3 is 2.73 bits per heavy atom. The van der Waals surface area contributed by atoms with E-state index >= 15 is 0 Å². The van der Waals surface area contributed by atoms with Gasteiger partial charge in [-0.3, -0.25) is 4.90 Å². The Hall–Kier alpha value is 0.550. The summed E-state index contributed by atoms with van der Waals surface area (Å²) in [6, 6.07) is 0. The van der Waals surface area contributed by atoms with Crippen LogP contribution in [0.4, 0.5) is 8.78 Å². The summed E-state index contributed by atoms with van der Waals surface area (Å²) in [6.45, 7) is 3.42. The molecule has 4 heteroatoms. The lowest BCUT2D eigenvalue weighted by Crippen LogP contribution is -2.48. The van der Waals surface area contributed by atoms with Crippen LogP contribution >= 0.6 is 22.6 Å². The van der Waals surface area contributed by atoms with Crippen LogP contribution in [-0.2, 0) is 0 Å². The van der Waals surface area contributed by atoms with Gasteiger partial charge >= 0.3 is 0 Å². The molecule has 1 aliphatic heterocycles. The first-order valence-electron chi connectivity index (χ1n) is 3.80. The molecule has 1 aliphatic rings. The van der Waals surface area contributed by atoms with Gasteiger partial charge in [-0.15, -0.1) is 0 Å². The second-order valence-corrected chi connectivity index (χ2v) is 4.39. The molecular formula is C7H12F2IN. The molecule has 0 N–H and O–H groups in total. The average Bonchev–Trinajstić information content (AvgIpc) is 1.95. The fraction of sp³-hybridized carbons (Fsp3) is 1.00. The van der Waals surface area contributed by atoms with Gasteiger partial charge in [-0.2, -0.15) is 0 Å². The lowest BCUT2D eigenvalue weighted by atomic mass is 10.1. The van der Waals surface area contributed by atoms with Gasteiger partial charge in [0.1, 0.15) is 0 Å². The molecule has 1 heterocycles. The Balaban J connectivity index is 2.52. The molecule has 0 spiro atoms. The van der Waals surface area contributed by atoms with Crippen molar-refractivity contribution in [2.24, 2.45) is 0 Å². The first-order valence-corrected chi connectivity index (χ1v) is 5.05. The lowest BCUT2D eigenvalue weighted by Gasteiger charge is -2.35. The Morgan fingerprint density at radius 2 is 2.27 bits per heavy atom. The average molecular weight is 275 g/mol. The largest absolute Gasteiger partial charge is 0.298 e. The monoisotopic (exact) mass is 275 g/mol. The molecule has 1 rings (SSSR count). The standard InChI is InChI=1S/C7H12F2IN/c1-2-11-4-3-6(10)7(8,9)5-11/h6H,2-5H2,1H3. The van der Waals surface area contributed by atoms with E-state index in [0.717, 1.165) is 13.1 Å². The van der Waals surface area contributed by atoms with Crippen molar-refractivity contribution >= 4 is 22.6 Å². The van der Waals surface area contributed by atoms with Crippen molar-refractivity contribution < 1.29 is 8.78 Å². The normalized spacial score (nSPS) is 32.2. The zero-order chi connectivity index (χ0) is 8.48. The maximum absolute atomic E-state index is 13.0. The van der Waals surface area contributed by atoms with Crippen molar-refractivity contribution in [3.63, 3.8) is 0 Å². The minimum Gasteiger partial charge on any atom is -0.298 e. The number of alkyl halides is 3. The van der Waals surface area contributed by atoms with Crippen molar-refractivity contribution in [1.82, 2.24) is 4.90 Å². The van der Waals surface area contributed by atoms with E-state index < -0.39 is 9.85 Å². The molecule has 1 nitrogen and oxygen atoms in total. The fourth-order valence-corrected chi connectivity index (χ4v) is 1.73. The summed E-state index contributed by atoms with van der Waals surface area (Å²) in [5.74, 6) is -2.48. The third-order valence-corrected chi connectivity index (χ3v) is 3.57. The van der Waals surface area contributed by atoms with E-state index in [2.05, 4.69) is 0 Å². The van der Waals surface area contributed by atoms with E-state index in [-0.39, 0.29) is 6.54 Å². The molecule has 1 saturated heterocycles. The predicted octanol–water partition coefficient (Wildman–Crippen LogP) is 2.15. The van der Waals surface area contributed by atoms with Gasteiger partial charge in [0, 0.05) is 0 Å². The molecule has 0 aromatic heterocycles. The van der Waals surface area contributed by atoms with Gasteiger partial charge in [0.15, 0.2) is 0 Å². The molecule has 0 bridgehead atoms. The number of hydrogen-bond donors (Lipinski definition) is 0. The summed E-state index contributed by atoms with van der Waals surface area (Å²) in [5, 5.41) is 0. The highest BCUT2D eigenvalue weighted by Gasteiger charge is 2.42. The van der Waals surface area contributed by atoms with Crippen LogP contribution in [0.5, 0.6) is 0 Å². The van der Waals surface area contributed by atoms with Crippen molar-refractivity contribution in [2.75, 3.05) is 19.6 Å². The number of halogens is 3. The van der Waals surface area contributed by atoms with Gasteiger partial charge in [0.05, 0.1) is 10.5 Å². The maximum atomic E-state index is 13.0. The number of hydrogen-bond acceptors (Lipinski definition) is 1. The molecular weight excluding hydrogens is 263 g/mol. The third-order valence-electron chi connectivity index (χ3n) is 2.04. The highest BCUT2D eigenvalue weighted by molar-refractivity contribution is 14.1. The summed E-state index contributed by atoms with van der Waals surface area (Å²) < 4.78 is 25.5. The maximum Gasteiger partial charge on any atom is 0.272 e. The second kappa shape index (κ2) is 3.51. The molecule has 1 fully saturated rings. The van der Waals surface area contributed by atoms with Crippen LogP contribution in [0.3, 0.4) is 0 Å². The topological polar surface area (TPSA) is 3.24 Å². The van der Waals surface area contributed by atoms with Crippen LogP contribution in [-0.4, -0.2) is 34.4 Å². The van der Waals surface area contributed by atoms with Gasteiger partial charge < -0.3 is 0 Å². The molecule has 0 aromatic carbocycles.